The summed E-state index contributed by atoms with van der Waals surface area (Å²) in [4.78, 5) is 23.7. The van der Waals surface area contributed by atoms with Crippen LogP contribution >= 0.6 is 0 Å². The lowest BCUT2D eigenvalue weighted by atomic mass is 9.71. The Hall–Kier alpha value is -1.78. The molecule has 1 aromatic rings. The van der Waals surface area contributed by atoms with Crippen molar-refractivity contribution in [3.8, 4) is 0 Å². The van der Waals surface area contributed by atoms with Crippen molar-refractivity contribution in [1.29, 1.82) is 0 Å². The molecule has 2 amide bonds. The standard InChI is InChI=1S/C17H26N2O3/c1-17(2,3)12-6-8-13(9-7-12)19-16(21)15(20)18-11-14-5-4-10-22-14/h4-5,10,12-13H,6-9,11H2,1-3H3,(H,18,20)(H,19,21). The molecule has 0 unspecified atom stereocenters. The highest BCUT2D eigenvalue weighted by Crippen LogP contribution is 2.37. The monoisotopic (exact) mass is 306 g/mol. The van der Waals surface area contributed by atoms with E-state index >= 15 is 0 Å². The van der Waals surface area contributed by atoms with Crippen LogP contribution in [0.15, 0.2) is 22.8 Å². The Morgan fingerprint density at radius 2 is 1.86 bits per heavy atom. The smallest absolute Gasteiger partial charge is 0.309 e. The van der Waals surface area contributed by atoms with Gasteiger partial charge in [-0.2, -0.15) is 0 Å². The molecule has 1 aliphatic rings. The van der Waals surface area contributed by atoms with Gasteiger partial charge in [-0.3, -0.25) is 9.59 Å². The van der Waals surface area contributed by atoms with Crippen LogP contribution in [0.25, 0.3) is 0 Å². The van der Waals surface area contributed by atoms with Gasteiger partial charge in [0, 0.05) is 6.04 Å². The van der Waals surface area contributed by atoms with Crippen molar-refractivity contribution in [2.75, 3.05) is 0 Å². The number of furan rings is 1. The molecule has 1 saturated carbocycles. The molecule has 5 heteroatoms. The van der Waals surface area contributed by atoms with E-state index in [1.165, 1.54) is 6.26 Å². The maximum atomic E-state index is 11.9. The lowest BCUT2D eigenvalue weighted by Gasteiger charge is -2.37. The molecule has 0 atom stereocenters. The number of hydrogen-bond donors (Lipinski definition) is 2. The number of hydrogen-bond acceptors (Lipinski definition) is 3. The maximum Gasteiger partial charge on any atom is 0.309 e. The summed E-state index contributed by atoms with van der Waals surface area (Å²) in [5.41, 5.74) is 0.315. The van der Waals surface area contributed by atoms with E-state index in [1.54, 1.807) is 12.1 Å². The minimum Gasteiger partial charge on any atom is -0.467 e. The number of nitrogens with one attached hydrogen (secondary N) is 2. The van der Waals surface area contributed by atoms with Crippen LogP contribution in [0, 0.1) is 11.3 Å². The molecule has 0 spiro atoms. The molecular weight excluding hydrogens is 280 g/mol. The van der Waals surface area contributed by atoms with Crippen LogP contribution in [-0.4, -0.2) is 17.9 Å². The highest BCUT2D eigenvalue weighted by Gasteiger charge is 2.30. The number of carbonyl (C=O) groups is 2. The highest BCUT2D eigenvalue weighted by molar-refractivity contribution is 6.35. The second kappa shape index (κ2) is 6.99. The predicted molar refractivity (Wildman–Crippen MR) is 83.9 cm³/mol. The number of rotatable bonds is 3. The molecule has 1 aliphatic carbocycles. The molecule has 2 N–H and O–H groups in total. The average molecular weight is 306 g/mol. The van der Waals surface area contributed by atoms with Gasteiger partial charge in [0.05, 0.1) is 12.8 Å². The summed E-state index contributed by atoms with van der Waals surface area (Å²) >= 11 is 0. The third-order valence-corrected chi connectivity index (χ3v) is 4.50. The summed E-state index contributed by atoms with van der Waals surface area (Å²) in [7, 11) is 0. The quantitative estimate of drug-likeness (QED) is 0.843. The van der Waals surface area contributed by atoms with Gasteiger partial charge in [-0.1, -0.05) is 20.8 Å². The highest BCUT2D eigenvalue weighted by atomic mass is 16.3. The molecule has 22 heavy (non-hydrogen) atoms. The molecule has 5 nitrogen and oxygen atoms in total. The second-order valence-corrected chi connectivity index (χ2v) is 7.15. The van der Waals surface area contributed by atoms with Crippen molar-refractivity contribution in [3.05, 3.63) is 24.2 Å². The van der Waals surface area contributed by atoms with E-state index in [0.29, 0.717) is 17.1 Å². The SMILES string of the molecule is CC(C)(C)C1CCC(NC(=O)C(=O)NCc2ccco2)CC1. The van der Waals surface area contributed by atoms with Crippen LogP contribution in [0.2, 0.25) is 0 Å². The van der Waals surface area contributed by atoms with Crippen molar-refractivity contribution in [2.45, 2.75) is 59.0 Å². The molecule has 0 radical (unpaired) electrons. The molecule has 1 fully saturated rings. The molecule has 1 aromatic heterocycles. The van der Waals surface area contributed by atoms with E-state index < -0.39 is 11.8 Å². The van der Waals surface area contributed by atoms with Crippen LogP contribution in [0.3, 0.4) is 0 Å². The lowest BCUT2D eigenvalue weighted by molar-refractivity contribution is -0.140. The Labute approximate surface area is 131 Å². The summed E-state index contributed by atoms with van der Waals surface area (Å²) < 4.78 is 5.11. The molecule has 0 saturated heterocycles. The Morgan fingerprint density at radius 3 is 2.41 bits per heavy atom. The van der Waals surface area contributed by atoms with Gasteiger partial charge < -0.3 is 15.1 Å². The fraction of sp³-hybridized carbons (Fsp3) is 0.647. The molecule has 0 aliphatic heterocycles. The van der Waals surface area contributed by atoms with E-state index in [4.69, 9.17) is 4.42 Å². The van der Waals surface area contributed by atoms with Gasteiger partial charge in [0.2, 0.25) is 0 Å². The summed E-state index contributed by atoms with van der Waals surface area (Å²) in [6.07, 6.45) is 5.62. The zero-order valence-corrected chi connectivity index (χ0v) is 13.6. The van der Waals surface area contributed by atoms with Gasteiger partial charge >= 0.3 is 11.8 Å². The Morgan fingerprint density at radius 1 is 1.18 bits per heavy atom. The minimum atomic E-state index is -0.602. The fourth-order valence-electron chi connectivity index (χ4n) is 3.02. The Balaban J connectivity index is 1.72. The van der Waals surface area contributed by atoms with Gasteiger partial charge in [-0.15, -0.1) is 0 Å². The zero-order valence-electron chi connectivity index (χ0n) is 13.6. The van der Waals surface area contributed by atoms with Crippen molar-refractivity contribution in [1.82, 2.24) is 10.6 Å². The number of amides is 2. The van der Waals surface area contributed by atoms with Crippen LogP contribution in [0.5, 0.6) is 0 Å². The summed E-state index contributed by atoms with van der Waals surface area (Å²) in [6.45, 7) is 7.02. The fourth-order valence-corrected chi connectivity index (χ4v) is 3.02. The third-order valence-electron chi connectivity index (χ3n) is 4.50. The average Bonchev–Trinajstić information content (AvgIpc) is 2.97. The van der Waals surface area contributed by atoms with E-state index in [-0.39, 0.29) is 12.6 Å². The zero-order chi connectivity index (χ0) is 16.2. The van der Waals surface area contributed by atoms with Gasteiger partial charge in [0.1, 0.15) is 5.76 Å². The largest absolute Gasteiger partial charge is 0.467 e. The van der Waals surface area contributed by atoms with Crippen LogP contribution in [0.1, 0.15) is 52.2 Å². The Bertz CT molecular complexity index is 494. The topological polar surface area (TPSA) is 71.3 Å². The molecular formula is C17H26N2O3. The molecule has 122 valence electrons. The number of carbonyl (C=O) groups excluding carboxylic acids is 2. The van der Waals surface area contributed by atoms with Gasteiger partial charge in [-0.25, -0.2) is 0 Å². The molecule has 2 rings (SSSR count). The first-order chi connectivity index (χ1) is 10.4. The van der Waals surface area contributed by atoms with Crippen molar-refractivity contribution in [3.63, 3.8) is 0 Å². The first kappa shape index (κ1) is 16.6. The first-order valence-electron chi connectivity index (χ1n) is 7.97. The van der Waals surface area contributed by atoms with Gasteiger partial charge in [0.15, 0.2) is 0 Å². The molecule has 0 bridgehead atoms. The van der Waals surface area contributed by atoms with Crippen LogP contribution in [-0.2, 0) is 16.1 Å². The van der Waals surface area contributed by atoms with Crippen LogP contribution in [0.4, 0.5) is 0 Å². The first-order valence-corrected chi connectivity index (χ1v) is 7.97. The second-order valence-electron chi connectivity index (χ2n) is 7.15. The van der Waals surface area contributed by atoms with Gasteiger partial charge in [0.25, 0.3) is 0 Å². The van der Waals surface area contributed by atoms with Crippen molar-refractivity contribution < 1.29 is 14.0 Å². The predicted octanol–water partition coefficient (Wildman–Crippen LogP) is 2.62. The minimum absolute atomic E-state index is 0.112. The maximum absolute atomic E-state index is 11.9. The molecule has 1 heterocycles. The summed E-state index contributed by atoms with van der Waals surface area (Å²) in [5, 5.41) is 5.40. The van der Waals surface area contributed by atoms with E-state index in [0.717, 1.165) is 25.7 Å². The van der Waals surface area contributed by atoms with E-state index in [2.05, 4.69) is 31.4 Å². The van der Waals surface area contributed by atoms with E-state index in [1.807, 2.05) is 0 Å². The van der Waals surface area contributed by atoms with Gasteiger partial charge in [-0.05, 0) is 49.1 Å². The van der Waals surface area contributed by atoms with Crippen LogP contribution < -0.4 is 10.6 Å². The van der Waals surface area contributed by atoms with Crippen molar-refractivity contribution >= 4 is 11.8 Å². The van der Waals surface area contributed by atoms with Crippen molar-refractivity contribution in [2.24, 2.45) is 11.3 Å². The lowest BCUT2D eigenvalue weighted by Crippen LogP contribution is -2.46. The third kappa shape index (κ3) is 4.61. The normalized spacial score (nSPS) is 22.1. The summed E-state index contributed by atoms with van der Waals surface area (Å²) in [5.74, 6) is 0.167. The summed E-state index contributed by atoms with van der Waals surface area (Å²) in [6, 6.07) is 3.61. The van der Waals surface area contributed by atoms with E-state index in [9.17, 15) is 9.59 Å². The molecule has 0 aromatic carbocycles. The Kier molecular flexibility index (Phi) is 5.27.